The summed E-state index contributed by atoms with van der Waals surface area (Å²) >= 11 is 1.52. The first kappa shape index (κ1) is 13.5. The minimum absolute atomic E-state index is 0.0263. The number of thiazole rings is 1. The topological polar surface area (TPSA) is 51.2 Å². The first-order chi connectivity index (χ1) is 9.28. The van der Waals surface area contributed by atoms with E-state index in [-0.39, 0.29) is 12.5 Å². The van der Waals surface area contributed by atoms with Crippen LogP contribution in [0.25, 0.3) is 0 Å². The first-order valence-electron chi connectivity index (χ1n) is 6.14. The summed E-state index contributed by atoms with van der Waals surface area (Å²) in [6, 6.07) is 7.78. The van der Waals surface area contributed by atoms with Crippen LogP contribution in [0.4, 0.5) is 0 Å². The number of nitrogens with zero attached hydrogens (tertiary/aromatic N) is 1. The van der Waals surface area contributed by atoms with Gasteiger partial charge in [0.25, 0.3) is 5.91 Å². The molecule has 1 N–H and O–H groups in total. The summed E-state index contributed by atoms with van der Waals surface area (Å²) in [7, 11) is 0. The van der Waals surface area contributed by atoms with Gasteiger partial charge in [-0.05, 0) is 24.1 Å². The minimum Gasteiger partial charge on any atom is -0.484 e. The second-order valence-corrected chi connectivity index (χ2v) is 4.97. The van der Waals surface area contributed by atoms with Crippen molar-refractivity contribution in [1.82, 2.24) is 10.3 Å². The summed E-state index contributed by atoms with van der Waals surface area (Å²) in [4.78, 5) is 15.7. The molecule has 1 amide bonds. The molecule has 5 heteroatoms. The maximum absolute atomic E-state index is 11.6. The van der Waals surface area contributed by atoms with Crippen LogP contribution in [-0.2, 0) is 17.8 Å². The van der Waals surface area contributed by atoms with E-state index < -0.39 is 0 Å². The molecule has 0 radical (unpaired) electrons. The number of rotatable bonds is 6. The molecule has 1 aromatic heterocycles. The molecule has 0 saturated heterocycles. The second-order valence-electron chi connectivity index (χ2n) is 3.99. The third kappa shape index (κ3) is 4.37. The molecular weight excluding hydrogens is 260 g/mol. The lowest BCUT2D eigenvalue weighted by Gasteiger charge is -2.07. The molecule has 2 aromatic rings. The molecule has 0 atom stereocenters. The molecule has 0 saturated carbocycles. The number of carbonyl (C=O) groups is 1. The molecule has 0 spiro atoms. The summed E-state index contributed by atoms with van der Waals surface area (Å²) in [5.74, 6) is 0.584. The molecule has 2 rings (SSSR count). The van der Waals surface area contributed by atoms with Crippen LogP contribution in [0.5, 0.6) is 5.75 Å². The fourth-order valence-electron chi connectivity index (χ4n) is 1.57. The molecule has 1 heterocycles. The fraction of sp³-hybridized carbons (Fsp3) is 0.286. The highest BCUT2D eigenvalue weighted by atomic mass is 32.1. The zero-order chi connectivity index (χ0) is 13.5. The molecule has 0 bridgehead atoms. The molecule has 0 unspecified atom stereocenters. The van der Waals surface area contributed by atoms with Crippen LogP contribution in [0.15, 0.2) is 35.8 Å². The van der Waals surface area contributed by atoms with Crippen molar-refractivity contribution in [3.05, 3.63) is 46.4 Å². The van der Waals surface area contributed by atoms with Gasteiger partial charge in [-0.3, -0.25) is 4.79 Å². The van der Waals surface area contributed by atoms with Crippen molar-refractivity contribution in [2.75, 3.05) is 6.61 Å². The number of amides is 1. The van der Waals surface area contributed by atoms with E-state index >= 15 is 0 Å². The lowest BCUT2D eigenvalue weighted by Crippen LogP contribution is -2.28. The van der Waals surface area contributed by atoms with E-state index in [1.165, 1.54) is 16.9 Å². The van der Waals surface area contributed by atoms with Gasteiger partial charge in [0.1, 0.15) is 10.8 Å². The molecular formula is C14H16N2O2S. The van der Waals surface area contributed by atoms with E-state index in [4.69, 9.17) is 4.74 Å². The van der Waals surface area contributed by atoms with E-state index in [2.05, 4.69) is 17.2 Å². The van der Waals surface area contributed by atoms with Crippen molar-refractivity contribution < 1.29 is 9.53 Å². The van der Waals surface area contributed by atoms with Gasteiger partial charge in [-0.15, -0.1) is 11.3 Å². The molecule has 100 valence electrons. The molecule has 0 aliphatic carbocycles. The van der Waals surface area contributed by atoms with E-state index in [0.29, 0.717) is 6.54 Å². The number of aromatic nitrogens is 1. The van der Waals surface area contributed by atoms with Crippen LogP contribution in [0, 0.1) is 0 Å². The summed E-state index contributed by atoms with van der Waals surface area (Å²) in [6.07, 6.45) is 2.67. The monoisotopic (exact) mass is 276 g/mol. The number of hydrogen-bond acceptors (Lipinski definition) is 4. The van der Waals surface area contributed by atoms with Crippen LogP contribution >= 0.6 is 11.3 Å². The summed E-state index contributed by atoms with van der Waals surface area (Å²) in [5.41, 5.74) is 1.20. The van der Waals surface area contributed by atoms with Crippen LogP contribution in [-0.4, -0.2) is 17.5 Å². The Morgan fingerprint density at radius 3 is 3.11 bits per heavy atom. The van der Waals surface area contributed by atoms with Gasteiger partial charge in [-0.1, -0.05) is 19.1 Å². The van der Waals surface area contributed by atoms with Gasteiger partial charge in [0.2, 0.25) is 0 Å². The number of nitrogens with one attached hydrogen (secondary N) is 1. The number of hydrogen-bond donors (Lipinski definition) is 1. The summed E-state index contributed by atoms with van der Waals surface area (Å²) in [6.45, 7) is 2.56. The summed E-state index contributed by atoms with van der Waals surface area (Å²) in [5, 5.41) is 5.54. The van der Waals surface area contributed by atoms with Gasteiger partial charge < -0.3 is 10.1 Å². The van der Waals surface area contributed by atoms with Crippen molar-refractivity contribution in [3.63, 3.8) is 0 Å². The molecule has 0 aliphatic heterocycles. The molecule has 1 aromatic carbocycles. The number of benzene rings is 1. The largest absolute Gasteiger partial charge is 0.484 e. The molecule has 19 heavy (non-hydrogen) atoms. The van der Waals surface area contributed by atoms with E-state index in [9.17, 15) is 4.79 Å². The first-order valence-corrected chi connectivity index (χ1v) is 7.02. The Kier molecular flexibility index (Phi) is 4.92. The van der Waals surface area contributed by atoms with Gasteiger partial charge in [0, 0.05) is 11.6 Å². The maximum Gasteiger partial charge on any atom is 0.258 e. The SMILES string of the molecule is CCc1cccc(OCC(=O)NCc2nccs2)c1. The van der Waals surface area contributed by atoms with Crippen LogP contribution in [0.3, 0.4) is 0 Å². The normalized spacial score (nSPS) is 10.2. The summed E-state index contributed by atoms with van der Waals surface area (Å²) < 4.78 is 5.45. The third-order valence-corrected chi connectivity index (χ3v) is 3.38. The van der Waals surface area contributed by atoms with Gasteiger partial charge in [0.05, 0.1) is 6.54 Å². The predicted molar refractivity (Wildman–Crippen MR) is 75.3 cm³/mol. The van der Waals surface area contributed by atoms with Gasteiger partial charge in [-0.25, -0.2) is 4.98 Å². The Bertz CT molecular complexity index is 526. The van der Waals surface area contributed by atoms with Crippen LogP contribution < -0.4 is 10.1 Å². The standard InChI is InChI=1S/C14H16N2O2S/c1-2-11-4-3-5-12(8-11)18-10-13(17)16-9-14-15-6-7-19-14/h3-8H,2,9-10H2,1H3,(H,16,17). The third-order valence-electron chi connectivity index (χ3n) is 2.60. The van der Waals surface area contributed by atoms with E-state index in [1.54, 1.807) is 6.20 Å². The van der Waals surface area contributed by atoms with Gasteiger partial charge in [0.15, 0.2) is 6.61 Å². The molecule has 4 nitrogen and oxygen atoms in total. The highest BCUT2D eigenvalue weighted by Crippen LogP contribution is 2.13. The molecule has 0 fully saturated rings. The highest BCUT2D eigenvalue weighted by Gasteiger charge is 2.04. The lowest BCUT2D eigenvalue weighted by molar-refractivity contribution is -0.123. The van der Waals surface area contributed by atoms with Crippen molar-refractivity contribution >= 4 is 17.2 Å². The number of ether oxygens (including phenoxy) is 1. The zero-order valence-electron chi connectivity index (χ0n) is 10.8. The van der Waals surface area contributed by atoms with E-state index in [1.807, 2.05) is 29.6 Å². The Morgan fingerprint density at radius 2 is 2.37 bits per heavy atom. The zero-order valence-corrected chi connectivity index (χ0v) is 11.6. The van der Waals surface area contributed by atoms with Gasteiger partial charge in [-0.2, -0.15) is 0 Å². The van der Waals surface area contributed by atoms with Crippen molar-refractivity contribution in [3.8, 4) is 5.75 Å². The average molecular weight is 276 g/mol. The Hall–Kier alpha value is -1.88. The number of carbonyl (C=O) groups excluding carboxylic acids is 1. The van der Waals surface area contributed by atoms with E-state index in [0.717, 1.165) is 17.2 Å². The van der Waals surface area contributed by atoms with Gasteiger partial charge >= 0.3 is 0 Å². The number of aryl methyl sites for hydroxylation is 1. The quantitative estimate of drug-likeness (QED) is 0.881. The average Bonchev–Trinajstić information content (AvgIpc) is 2.96. The maximum atomic E-state index is 11.6. The van der Waals surface area contributed by atoms with Crippen molar-refractivity contribution in [2.45, 2.75) is 19.9 Å². The smallest absolute Gasteiger partial charge is 0.258 e. The Balaban J connectivity index is 1.76. The lowest BCUT2D eigenvalue weighted by atomic mass is 10.2. The van der Waals surface area contributed by atoms with Crippen LogP contribution in [0.2, 0.25) is 0 Å². The predicted octanol–water partition coefficient (Wildman–Crippen LogP) is 2.40. The minimum atomic E-state index is -0.142. The van der Waals surface area contributed by atoms with Crippen molar-refractivity contribution in [2.24, 2.45) is 0 Å². The Morgan fingerprint density at radius 1 is 1.47 bits per heavy atom. The highest BCUT2D eigenvalue weighted by molar-refractivity contribution is 7.09. The fourth-order valence-corrected chi connectivity index (χ4v) is 2.13. The second kappa shape index (κ2) is 6.89. The Labute approximate surface area is 116 Å². The van der Waals surface area contributed by atoms with Crippen molar-refractivity contribution in [1.29, 1.82) is 0 Å². The molecule has 0 aliphatic rings. The van der Waals surface area contributed by atoms with Crippen LogP contribution in [0.1, 0.15) is 17.5 Å².